The van der Waals surface area contributed by atoms with E-state index in [2.05, 4.69) is 19.2 Å². The van der Waals surface area contributed by atoms with Gasteiger partial charge in [-0.05, 0) is 42.5 Å². The van der Waals surface area contributed by atoms with Gasteiger partial charge in [-0.25, -0.2) is 14.2 Å². The zero-order chi connectivity index (χ0) is 23.2. The number of nitrogens with one attached hydrogen (secondary N) is 1. The lowest BCUT2D eigenvalue weighted by Gasteiger charge is -2.31. The minimum absolute atomic E-state index is 0.0525. The van der Waals surface area contributed by atoms with E-state index in [0.717, 1.165) is 34.9 Å². The Bertz CT molecular complexity index is 1440. The van der Waals surface area contributed by atoms with E-state index < -0.39 is 12.1 Å². The number of carbonyl (C=O) groups excluding carboxylic acids is 1. The third-order valence-corrected chi connectivity index (χ3v) is 7.18. The summed E-state index contributed by atoms with van der Waals surface area (Å²) in [7, 11) is 0. The average Bonchev–Trinajstić information content (AvgIpc) is 3.14. The van der Waals surface area contributed by atoms with E-state index in [9.17, 15) is 19.1 Å². The largest absolute Gasteiger partial charge is 0.458 e. The van der Waals surface area contributed by atoms with E-state index in [-0.39, 0.29) is 41.2 Å². The molecule has 8 heteroatoms. The maximum Gasteiger partial charge on any atom is 0.340 e. The molecule has 2 aliphatic heterocycles. The molecule has 7 nitrogen and oxygen atoms in total. The van der Waals surface area contributed by atoms with Gasteiger partial charge in [0.15, 0.2) is 6.10 Å². The molecule has 1 aliphatic carbocycles. The first-order valence-corrected chi connectivity index (χ1v) is 11.3. The molecule has 2 aromatic heterocycles. The molecule has 0 amide bonds. The smallest absolute Gasteiger partial charge is 0.340 e. The predicted molar refractivity (Wildman–Crippen MR) is 119 cm³/mol. The number of benzene rings is 1. The number of carbonyl (C=O) groups is 1. The summed E-state index contributed by atoms with van der Waals surface area (Å²) in [6.45, 7) is 6.18. The molecule has 6 rings (SSSR count). The van der Waals surface area contributed by atoms with Gasteiger partial charge in [-0.3, -0.25) is 4.79 Å². The number of aliphatic hydroxyl groups excluding tert-OH is 1. The van der Waals surface area contributed by atoms with E-state index in [4.69, 9.17) is 9.72 Å². The number of ether oxygens (including phenoxy) is 1. The van der Waals surface area contributed by atoms with E-state index >= 15 is 0 Å². The summed E-state index contributed by atoms with van der Waals surface area (Å²) in [5.74, 6) is -1.06. The third kappa shape index (κ3) is 2.77. The quantitative estimate of drug-likeness (QED) is 0.457. The van der Waals surface area contributed by atoms with Gasteiger partial charge in [0.05, 0.1) is 29.0 Å². The van der Waals surface area contributed by atoms with Crippen molar-refractivity contribution in [1.82, 2.24) is 14.9 Å². The Labute approximate surface area is 189 Å². The van der Waals surface area contributed by atoms with Gasteiger partial charge in [-0.15, -0.1) is 0 Å². The normalized spacial score (nSPS) is 20.6. The number of aliphatic hydroxyl groups is 1. The highest BCUT2D eigenvalue weighted by atomic mass is 19.1. The number of hydrogen-bond donors (Lipinski definition) is 2. The van der Waals surface area contributed by atoms with Crippen LogP contribution in [0.5, 0.6) is 0 Å². The standard InChI is InChI=1S/C25H24FN3O4/c1-10(2)27-17-5-4-12-11(3)16(26)7-18-20(12)21(17)14-8-29-19(22(14)28-18)6-13-15(24(29)31)9-33-25(32)23(13)30/h6-7,10,17,23,27,30H,4-5,8-9H2,1-3H3. The summed E-state index contributed by atoms with van der Waals surface area (Å²) < 4.78 is 21.4. The summed E-state index contributed by atoms with van der Waals surface area (Å²) in [5.41, 5.74) is 5.60. The van der Waals surface area contributed by atoms with Crippen LogP contribution in [0.3, 0.4) is 0 Å². The summed E-state index contributed by atoms with van der Waals surface area (Å²) >= 11 is 0. The Balaban J connectivity index is 1.67. The fourth-order valence-corrected chi connectivity index (χ4v) is 5.67. The van der Waals surface area contributed by atoms with Crippen LogP contribution in [0.1, 0.15) is 65.8 Å². The molecule has 2 atom stereocenters. The Morgan fingerprint density at radius 3 is 2.79 bits per heavy atom. The van der Waals surface area contributed by atoms with Crippen molar-refractivity contribution in [3.63, 3.8) is 0 Å². The molecular formula is C25H24FN3O4. The number of pyridine rings is 2. The lowest BCUT2D eigenvalue weighted by molar-refractivity contribution is -0.157. The molecule has 2 N–H and O–H groups in total. The first-order valence-electron chi connectivity index (χ1n) is 11.3. The van der Waals surface area contributed by atoms with Crippen molar-refractivity contribution in [3.05, 3.63) is 61.7 Å². The number of aromatic nitrogens is 2. The maximum atomic E-state index is 14.8. The molecule has 170 valence electrons. The van der Waals surface area contributed by atoms with Crippen molar-refractivity contribution >= 4 is 16.9 Å². The maximum absolute atomic E-state index is 14.8. The zero-order valence-electron chi connectivity index (χ0n) is 18.7. The van der Waals surface area contributed by atoms with Crippen LogP contribution in [-0.4, -0.2) is 26.7 Å². The highest BCUT2D eigenvalue weighted by Crippen LogP contribution is 2.45. The average molecular weight is 449 g/mol. The highest BCUT2D eigenvalue weighted by Gasteiger charge is 2.37. The minimum atomic E-state index is -1.50. The highest BCUT2D eigenvalue weighted by molar-refractivity contribution is 5.93. The molecule has 0 saturated heterocycles. The van der Waals surface area contributed by atoms with E-state index in [0.29, 0.717) is 29.0 Å². The minimum Gasteiger partial charge on any atom is -0.458 e. The van der Waals surface area contributed by atoms with Crippen LogP contribution in [0, 0.1) is 12.7 Å². The molecule has 0 saturated carbocycles. The van der Waals surface area contributed by atoms with Gasteiger partial charge < -0.3 is 19.7 Å². The number of halogens is 1. The molecule has 1 aromatic carbocycles. The molecule has 3 aliphatic rings. The molecular weight excluding hydrogens is 425 g/mol. The molecule has 0 spiro atoms. The molecule has 33 heavy (non-hydrogen) atoms. The SMILES string of the molecule is Cc1c(F)cc2nc3c(c4c2c1CCC4NC(C)C)Cn1c-3cc2c(c1=O)COC(=O)C2O. The van der Waals surface area contributed by atoms with Gasteiger partial charge in [-0.2, -0.15) is 0 Å². The monoisotopic (exact) mass is 449 g/mol. The fourth-order valence-electron chi connectivity index (χ4n) is 5.67. The van der Waals surface area contributed by atoms with Crippen molar-refractivity contribution in [2.24, 2.45) is 0 Å². The van der Waals surface area contributed by atoms with Crippen molar-refractivity contribution in [3.8, 4) is 11.4 Å². The zero-order valence-corrected chi connectivity index (χ0v) is 18.7. The number of aryl methyl sites for hydroxylation is 1. The predicted octanol–water partition coefficient (Wildman–Crippen LogP) is 2.95. The Morgan fingerprint density at radius 1 is 1.24 bits per heavy atom. The Morgan fingerprint density at radius 2 is 2.03 bits per heavy atom. The Hall–Kier alpha value is -3.10. The van der Waals surface area contributed by atoms with Crippen LogP contribution in [0.25, 0.3) is 22.3 Å². The van der Waals surface area contributed by atoms with Crippen LogP contribution < -0.4 is 10.9 Å². The van der Waals surface area contributed by atoms with Crippen molar-refractivity contribution in [2.75, 3.05) is 0 Å². The van der Waals surface area contributed by atoms with E-state index in [1.54, 1.807) is 10.6 Å². The van der Waals surface area contributed by atoms with E-state index in [1.165, 1.54) is 6.07 Å². The number of esters is 1. The number of fused-ring (bicyclic) bond motifs is 5. The number of nitrogens with zero attached hydrogens (tertiary/aromatic N) is 2. The van der Waals surface area contributed by atoms with Gasteiger partial charge >= 0.3 is 5.97 Å². The topological polar surface area (TPSA) is 93.5 Å². The molecule has 0 radical (unpaired) electrons. The van der Waals surface area contributed by atoms with Crippen LogP contribution in [0.15, 0.2) is 16.9 Å². The van der Waals surface area contributed by atoms with Crippen molar-refractivity contribution < 1.29 is 19.0 Å². The lowest BCUT2D eigenvalue weighted by Crippen LogP contribution is -2.33. The van der Waals surface area contributed by atoms with Gasteiger partial charge in [-0.1, -0.05) is 13.8 Å². The van der Waals surface area contributed by atoms with Gasteiger partial charge in [0.1, 0.15) is 12.4 Å². The number of rotatable bonds is 2. The second-order valence-electron chi connectivity index (χ2n) is 9.49. The number of hydrogen-bond acceptors (Lipinski definition) is 6. The molecule has 4 heterocycles. The van der Waals surface area contributed by atoms with E-state index in [1.807, 2.05) is 6.92 Å². The van der Waals surface area contributed by atoms with Gasteiger partial charge in [0.2, 0.25) is 0 Å². The summed E-state index contributed by atoms with van der Waals surface area (Å²) in [6, 6.07) is 3.44. The summed E-state index contributed by atoms with van der Waals surface area (Å²) in [4.78, 5) is 30.1. The van der Waals surface area contributed by atoms with Crippen LogP contribution in [0.2, 0.25) is 0 Å². The molecule has 3 aromatic rings. The van der Waals surface area contributed by atoms with Crippen LogP contribution in [0.4, 0.5) is 4.39 Å². The molecule has 0 fully saturated rings. The fraction of sp³-hybridized carbons (Fsp3) is 0.400. The summed E-state index contributed by atoms with van der Waals surface area (Å²) in [6.07, 6.45) is 0.0755. The number of cyclic esters (lactones) is 1. The van der Waals surface area contributed by atoms with Crippen molar-refractivity contribution in [1.29, 1.82) is 0 Å². The molecule has 0 bridgehead atoms. The third-order valence-electron chi connectivity index (χ3n) is 7.18. The molecule has 2 unspecified atom stereocenters. The second kappa shape index (κ2) is 6.95. The van der Waals surface area contributed by atoms with Crippen molar-refractivity contribution in [2.45, 2.75) is 65.0 Å². The van der Waals surface area contributed by atoms with Crippen LogP contribution >= 0.6 is 0 Å². The first-order chi connectivity index (χ1) is 15.8. The summed E-state index contributed by atoms with van der Waals surface area (Å²) in [5, 5.41) is 15.0. The Kier molecular flexibility index (Phi) is 4.32. The lowest BCUT2D eigenvalue weighted by atomic mass is 9.81. The van der Waals surface area contributed by atoms with Gasteiger partial charge in [0, 0.05) is 34.7 Å². The van der Waals surface area contributed by atoms with Gasteiger partial charge in [0.25, 0.3) is 5.56 Å². The first kappa shape index (κ1) is 20.5. The van der Waals surface area contributed by atoms with Crippen LogP contribution in [-0.2, 0) is 29.1 Å². The second-order valence-corrected chi connectivity index (χ2v) is 9.49.